The topological polar surface area (TPSA) is 94.6 Å². The number of halogens is 1. The first-order valence-electron chi connectivity index (χ1n) is 7.51. The third-order valence-corrected chi connectivity index (χ3v) is 3.64. The van der Waals surface area contributed by atoms with Crippen molar-refractivity contribution in [2.75, 3.05) is 18.5 Å². The molecule has 7 nitrogen and oxygen atoms in total. The minimum Gasteiger partial charge on any atom is -0.463 e. The van der Waals surface area contributed by atoms with Gasteiger partial charge in [0.05, 0.1) is 12.3 Å². The van der Waals surface area contributed by atoms with E-state index in [1.165, 1.54) is 23.5 Å². The van der Waals surface area contributed by atoms with Crippen molar-refractivity contribution in [2.45, 2.75) is 6.92 Å². The Bertz CT molecular complexity index is 817. The van der Waals surface area contributed by atoms with E-state index in [0.717, 1.165) is 12.2 Å². The number of amides is 1. The molecule has 0 saturated carbocycles. The number of nitrogens with zero attached hydrogens (tertiary/aromatic N) is 1. The molecule has 1 amide bonds. The zero-order chi connectivity index (χ0) is 18.9. The largest absolute Gasteiger partial charge is 0.463 e. The molecule has 1 aromatic carbocycles. The van der Waals surface area contributed by atoms with Gasteiger partial charge in [-0.1, -0.05) is 0 Å². The first-order chi connectivity index (χ1) is 12.5. The van der Waals surface area contributed by atoms with Crippen LogP contribution in [0, 0.1) is 5.82 Å². The lowest BCUT2D eigenvalue weighted by Gasteiger charge is -2.02. The maximum atomic E-state index is 12.9. The predicted octanol–water partition coefficient (Wildman–Crippen LogP) is 2.55. The summed E-state index contributed by atoms with van der Waals surface area (Å²) in [7, 11) is 0. The number of aromatic nitrogens is 1. The maximum Gasteiger partial charge on any atom is 0.331 e. The molecule has 0 radical (unpaired) electrons. The Labute approximate surface area is 152 Å². The van der Waals surface area contributed by atoms with E-state index in [1.54, 1.807) is 24.4 Å². The summed E-state index contributed by atoms with van der Waals surface area (Å²) >= 11 is 1.18. The number of hydrogen-bond acceptors (Lipinski definition) is 7. The number of carbonyl (C=O) groups is 3. The zero-order valence-electron chi connectivity index (χ0n) is 13.7. The maximum absolute atomic E-state index is 12.9. The highest BCUT2D eigenvalue weighted by Crippen LogP contribution is 2.24. The van der Waals surface area contributed by atoms with Crippen molar-refractivity contribution < 1.29 is 28.2 Å². The number of hydrogen-bond donors (Lipinski definition) is 1. The van der Waals surface area contributed by atoms with Crippen molar-refractivity contribution in [2.24, 2.45) is 0 Å². The molecule has 0 aliphatic rings. The average molecular weight is 378 g/mol. The van der Waals surface area contributed by atoms with Crippen LogP contribution >= 0.6 is 11.3 Å². The first kappa shape index (κ1) is 19.3. The van der Waals surface area contributed by atoms with Crippen LogP contribution in [0.15, 0.2) is 41.8 Å². The number of anilines is 1. The predicted molar refractivity (Wildman–Crippen MR) is 92.9 cm³/mol. The molecule has 0 aliphatic carbocycles. The summed E-state index contributed by atoms with van der Waals surface area (Å²) in [5.41, 5.74) is 1.29. The molecule has 0 bridgehead atoms. The summed E-state index contributed by atoms with van der Waals surface area (Å²) < 4.78 is 22.2. The Hall–Kier alpha value is -3.07. The standard InChI is InChI=1S/C17H15FN2O5S/c1-2-24-15(22)7-8-16(23)25-9-14(21)20-17-19-13(10-26-17)11-3-5-12(18)6-4-11/h3-8,10H,2,9H2,1H3,(H,19,20,21)/b8-7+. The molecule has 2 aromatic rings. The minimum absolute atomic E-state index is 0.189. The normalized spacial score (nSPS) is 10.5. The van der Waals surface area contributed by atoms with Crippen molar-refractivity contribution in [3.05, 3.63) is 47.6 Å². The van der Waals surface area contributed by atoms with E-state index in [9.17, 15) is 18.8 Å². The summed E-state index contributed by atoms with van der Waals surface area (Å²) in [6.45, 7) is 1.29. The van der Waals surface area contributed by atoms with Crippen molar-refractivity contribution in [1.29, 1.82) is 0 Å². The third kappa shape index (κ3) is 6.10. The average Bonchev–Trinajstić information content (AvgIpc) is 3.07. The van der Waals surface area contributed by atoms with Crippen molar-refractivity contribution in [3.8, 4) is 11.3 Å². The second kappa shape index (κ2) is 9.42. The third-order valence-electron chi connectivity index (χ3n) is 2.88. The highest BCUT2D eigenvalue weighted by molar-refractivity contribution is 7.14. The van der Waals surface area contributed by atoms with Gasteiger partial charge in [-0.2, -0.15) is 0 Å². The number of rotatable bonds is 7. The lowest BCUT2D eigenvalue weighted by Crippen LogP contribution is -2.20. The van der Waals surface area contributed by atoms with Gasteiger partial charge in [-0.3, -0.25) is 10.1 Å². The number of esters is 2. The second-order valence-electron chi connectivity index (χ2n) is 4.79. The van der Waals surface area contributed by atoms with Crippen molar-refractivity contribution >= 4 is 34.3 Å². The van der Waals surface area contributed by atoms with Gasteiger partial charge in [-0.25, -0.2) is 19.0 Å². The molecule has 0 saturated heterocycles. The Morgan fingerprint density at radius 3 is 2.46 bits per heavy atom. The Balaban J connectivity index is 1.82. The highest BCUT2D eigenvalue weighted by atomic mass is 32.1. The Morgan fingerprint density at radius 1 is 1.15 bits per heavy atom. The highest BCUT2D eigenvalue weighted by Gasteiger charge is 2.10. The molecule has 0 aliphatic heterocycles. The van der Waals surface area contributed by atoms with Gasteiger partial charge in [-0.05, 0) is 31.2 Å². The number of nitrogens with one attached hydrogen (secondary N) is 1. The van der Waals surface area contributed by atoms with Gasteiger partial charge in [-0.15, -0.1) is 11.3 Å². The lowest BCUT2D eigenvalue weighted by molar-refractivity contribution is -0.143. The number of ether oxygens (including phenoxy) is 2. The van der Waals surface area contributed by atoms with Gasteiger partial charge in [0, 0.05) is 23.1 Å². The summed E-state index contributed by atoms with van der Waals surface area (Å²) in [6.07, 6.45) is 1.79. The van der Waals surface area contributed by atoms with Crippen LogP contribution in [-0.2, 0) is 23.9 Å². The zero-order valence-corrected chi connectivity index (χ0v) is 14.5. The van der Waals surface area contributed by atoms with Crippen LogP contribution in [0.1, 0.15) is 6.92 Å². The number of benzene rings is 1. The van der Waals surface area contributed by atoms with E-state index < -0.39 is 24.5 Å². The molecule has 0 unspecified atom stereocenters. The number of carbonyl (C=O) groups excluding carboxylic acids is 3. The van der Waals surface area contributed by atoms with Gasteiger partial charge >= 0.3 is 11.9 Å². The number of thiazole rings is 1. The van der Waals surface area contributed by atoms with Gasteiger partial charge in [0.15, 0.2) is 11.7 Å². The van der Waals surface area contributed by atoms with E-state index >= 15 is 0 Å². The van der Waals surface area contributed by atoms with E-state index in [1.807, 2.05) is 0 Å². The fourth-order valence-corrected chi connectivity index (χ4v) is 2.49. The molecule has 136 valence electrons. The summed E-state index contributed by atoms with van der Waals surface area (Å²) in [6, 6.07) is 5.79. The smallest absolute Gasteiger partial charge is 0.331 e. The first-order valence-corrected chi connectivity index (χ1v) is 8.39. The molecule has 0 atom stereocenters. The van der Waals surface area contributed by atoms with Crippen LogP contribution in [0.5, 0.6) is 0 Å². The van der Waals surface area contributed by atoms with E-state index in [2.05, 4.69) is 15.0 Å². The summed E-state index contributed by atoms with van der Waals surface area (Å²) in [4.78, 5) is 38.4. The molecule has 26 heavy (non-hydrogen) atoms. The monoisotopic (exact) mass is 378 g/mol. The van der Waals surface area contributed by atoms with Gasteiger partial charge < -0.3 is 9.47 Å². The quantitative estimate of drug-likeness (QED) is 0.588. The molecule has 2 rings (SSSR count). The van der Waals surface area contributed by atoms with E-state index in [-0.39, 0.29) is 12.4 Å². The van der Waals surface area contributed by atoms with Crippen LogP contribution < -0.4 is 5.32 Å². The SMILES string of the molecule is CCOC(=O)/C=C/C(=O)OCC(=O)Nc1nc(-c2ccc(F)cc2)cs1. The summed E-state index contributed by atoms with van der Waals surface area (Å²) in [5, 5.41) is 4.50. The minimum atomic E-state index is -0.848. The van der Waals surface area contributed by atoms with Crippen LogP contribution in [0.2, 0.25) is 0 Å². The van der Waals surface area contributed by atoms with Crippen molar-refractivity contribution in [1.82, 2.24) is 4.98 Å². The Kier molecular flexibility index (Phi) is 6.98. The lowest BCUT2D eigenvalue weighted by atomic mass is 10.2. The van der Waals surface area contributed by atoms with Crippen LogP contribution in [0.4, 0.5) is 9.52 Å². The molecular formula is C17H15FN2O5S. The molecule has 0 spiro atoms. The molecule has 1 N–H and O–H groups in total. The molecule has 0 fully saturated rings. The van der Waals surface area contributed by atoms with Gasteiger partial charge in [0.25, 0.3) is 5.91 Å². The van der Waals surface area contributed by atoms with E-state index in [4.69, 9.17) is 4.74 Å². The molecular weight excluding hydrogens is 363 g/mol. The fraction of sp³-hybridized carbons (Fsp3) is 0.176. The van der Waals surface area contributed by atoms with Crippen molar-refractivity contribution in [3.63, 3.8) is 0 Å². The van der Waals surface area contributed by atoms with Gasteiger partial charge in [0.2, 0.25) is 0 Å². The second-order valence-corrected chi connectivity index (χ2v) is 5.64. The van der Waals surface area contributed by atoms with E-state index in [0.29, 0.717) is 16.4 Å². The van der Waals surface area contributed by atoms with Crippen LogP contribution in [0.25, 0.3) is 11.3 Å². The van der Waals surface area contributed by atoms with Crippen LogP contribution in [0.3, 0.4) is 0 Å². The Morgan fingerprint density at radius 2 is 1.81 bits per heavy atom. The van der Waals surface area contributed by atoms with Gasteiger partial charge in [0.1, 0.15) is 5.82 Å². The molecule has 1 heterocycles. The fourth-order valence-electron chi connectivity index (χ4n) is 1.75. The summed E-state index contributed by atoms with van der Waals surface area (Å²) in [5.74, 6) is -2.46. The molecule has 9 heteroatoms. The molecule has 1 aromatic heterocycles. The van der Waals surface area contributed by atoms with Crippen LogP contribution in [-0.4, -0.2) is 36.0 Å².